The smallest absolute Gasteiger partial charge is 0.167 e. The van der Waals surface area contributed by atoms with Crippen LogP contribution in [-0.2, 0) is 11.2 Å². The van der Waals surface area contributed by atoms with Crippen LogP contribution in [0, 0.1) is 5.41 Å². The third-order valence-electron chi connectivity index (χ3n) is 5.65. The first-order valence-electron chi connectivity index (χ1n) is 11.0. The fourth-order valence-corrected chi connectivity index (χ4v) is 4.48. The number of aromatic nitrogens is 3. The summed E-state index contributed by atoms with van der Waals surface area (Å²) in [4.78, 5) is 0. The van der Waals surface area contributed by atoms with Gasteiger partial charge in [-0.3, -0.25) is 4.57 Å². The van der Waals surface area contributed by atoms with Crippen molar-refractivity contribution in [3.05, 3.63) is 64.2 Å². The molecule has 1 aliphatic heterocycles. The Hall–Kier alpha value is -2.61. The number of benzene rings is 2. The molecule has 2 aromatic carbocycles. The Labute approximate surface area is 199 Å². The van der Waals surface area contributed by atoms with E-state index in [0.29, 0.717) is 28.8 Å². The third-order valence-corrected chi connectivity index (χ3v) is 5.89. The van der Waals surface area contributed by atoms with Crippen LogP contribution in [0.1, 0.15) is 62.2 Å². The lowest BCUT2D eigenvalue weighted by Gasteiger charge is -2.24. The summed E-state index contributed by atoms with van der Waals surface area (Å²) in [6, 6.07) is 11.4. The molecule has 0 amide bonds. The predicted molar refractivity (Wildman–Crippen MR) is 126 cm³/mol. The van der Waals surface area contributed by atoms with Crippen molar-refractivity contribution < 1.29 is 19.3 Å². The summed E-state index contributed by atoms with van der Waals surface area (Å²) in [7, 11) is 3.22. The van der Waals surface area contributed by atoms with E-state index in [2.05, 4.69) is 35.5 Å². The number of ether oxygens (including phenoxy) is 3. The molecule has 0 fully saturated rings. The zero-order valence-corrected chi connectivity index (χ0v) is 20.4. The van der Waals surface area contributed by atoms with Crippen LogP contribution in [-0.4, -0.2) is 40.7 Å². The lowest BCUT2D eigenvalue weighted by Crippen LogP contribution is -2.16. The number of hydrogen-bond acceptors (Lipinski definition) is 6. The van der Waals surface area contributed by atoms with Crippen molar-refractivity contribution in [1.29, 1.82) is 0 Å². The maximum atomic E-state index is 9.83. The van der Waals surface area contributed by atoms with Gasteiger partial charge >= 0.3 is 0 Å². The van der Waals surface area contributed by atoms with Gasteiger partial charge in [0.05, 0.1) is 19.9 Å². The monoisotopic (exact) mass is 471 g/mol. The second kappa shape index (κ2) is 9.33. The van der Waals surface area contributed by atoms with Crippen LogP contribution in [0.3, 0.4) is 0 Å². The molecule has 0 radical (unpaired) electrons. The van der Waals surface area contributed by atoms with Gasteiger partial charge in [-0.25, -0.2) is 0 Å². The van der Waals surface area contributed by atoms with Gasteiger partial charge in [0.25, 0.3) is 0 Å². The fraction of sp³-hybridized carbons (Fsp3) is 0.440. The minimum atomic E-state index is -0.524. The number of methoxy groups -OCH3 is 2. The zero-order chi connectivity index (χ0) is 23.8. The molecule has 1 N–H and O–H groups in total. The normalized spacial score (nSPS) is 17.8. The SMILES string of the molecule is COc1cccc([C@@H]2O[C@@H](CCO)c3nnc(CC(C)(C)C)n3-c3ccc(Cl)cc32)c1OC. The Morgan fingerprint density at radius 3 is 2.55 bits per heavy atom. The quantitative estimate of drug-likeness (QED) is 0.540. The fourth-order valence-electron chi connectivity index (χ4n) is 4.30. The first-order valence-corrected chi connectivity index (χ1v) is 11.4. The van der Waals surface area contributed by atoms with Gasteiger partial charge in [-0.1, -0.05) is 44.5 Å². The molecular formula is C25H30ClN3O4. The van der Waals surface area contributed by atoms with Crippen molar-refractivity contribution in [2.75, 3.05) is 20.8 Å². The van der Waals surface area contributed by atoms with Gasteiger partial charge in [-0.15, -0.1) is 10.2 Å². The largest absolute Gasteiger partial charge is 0.493 e. The summed E-state index contributed by atoms with van der Waals surface area (Å²) < 4.78 is 20.0. The molecule has 8 heteroatoms. The molecule has 0 unspecified atom stereocenters. The molecule has 4 rings (SSSR count). The van der Waals surface area contributed by atoms with Crippen molar-refractivity contribution in [1.82, 2.24) is 14.8 Å². The van der Waals surface area contributed by atoms with Gasteiger partial charge in [-0.05, 0) is 29.7 Å². The number of rotatable bonds is 6. The van der Waals surface area contributed by atoms with Crippen LogP contribution in [0.4, 0.5) is 0 Å². The van der Waals surface area contributed by atoms with Crippen molar-refractivity contribution >= 4 is 11.6 Å². The molecule has 3 aromatic rings. The van der Waals surface area contributed by atoms with E-state index in [-0.39, 0.29) is 12.0 Å². The first kappa shape index (κ1) is 23.5. The Morgan fingerprint density at radius 2 is 1.88 bits per heavy atom. The van der Waals surface area contributed by atoms with Crippen LogP contribution in [0.5, 0.6) is 11.5 Å². The molecule has 2 heterocycles. The highest BCUT2D eigenvalue weighted by atomic mass is 35.5. The highest BCUT2D eigenvalue weighted by Gasteiger charge is 2.36. The summed E-state index contributed by atoms with van der Waals surface area (Å²) in [5.41, 5.74) is 2.57. The molecule has 176 valence electrons. The minimum absolute atomic E-state index is 0.00540. The average molecular weight is 472 g/mol. The van der Waals surface area contributed by atoms with Crippen LogP contribution in [0.15, 0.2) is 36.4 Å². The maximum absolute atomic E-state index is 9.83. The van der Waals surface area contributed by atoms with Gasteiger partial charge in [0, 0.05) is 35.6 Å². The van der Waals surface area contributed by atoms with Crippen LogP contribution < -0.4 is 9.47 Å². The maximum Gasteiger partial charge on any atom is 0.167 e. The Bertz CT molecular complexity index is 1140. The van der Waals surface area contributed by atoms with E-state index in [4.69, 9.17) is 25.8 Å². The second-order valence-electron chi connectivity index (χ2n) is 9.35. The number of aliphatic hydroxyl groups is 1. The van der Waals surface area contributed by atoms with E-state index < -0.39 is 12.2 Å². The summed E-state index contributed by atoms with van der Waals surface area (Å²) >= 11 is 6.47. The molecule has 0 saturated heterocycles. The molecule has 0 saturated carbocycles. The summed E-state index contributed by atoms with van der Waals surface area (Å²) in [6.07, 6.45) is 0.0898. The van der Waals surface area contributed by atoms with Crippen molar-refractivity contribution in [3.8, 4) is 17.2 Å². The third kappa shape index (κ3) is 4.58. The molecule has 7 nitrogen and oxygen atoms in total. The molecule has 2 atom stereocenters. The van der Waals surface area contributed by atoms with E-state index in [1.807, 2.05) is 36.4 Å². The minimum Gasteiger partial charge on any atom is -0.493 e. The van der Waals surface area contributed by atoms with Gasteiger partial charge in [0.2, 0.25) is 0 Å². The van der Waals surface area contributed by atoms with Gasteiger partial charge in [0.15, 0.2) is 17.3 Å². The van der Waals surface area contributed by atoms with E-state index in [9.17, 15) is 5.11 Å². The first-order chi connectivity index (χ1) is 15.8. The highest BCUT2D eigenvalue weighted by molar-refractivity contribution is 6.30. The number of fused-ring (bicyclic) bond motifs is 3. The Morgan fingerprint density at radius 1 is 1.09 bits per heavy atom. The standard InChI is InChI=1S/C25H30ClN3O4/c1-25(2,3)14-21-27-28-24-20(11-12-30)33-22(16-7-6-8-19(31-4)23(16)32-5)17-13-15(26)9-10-18(17)29(21)24/h6-10,13,20,22,30H,11-12,14H2,1-5H3/t20-,22-/m0/s1. The lowest BCUT2D eigenvalue weighted by molar-refractivity contribution is -0.00986. The number of hydrogen-bond donors (Lipinski definition) is 1. The van der Waals surface area contributed by atoms with Crippen molar-refractivity contribution in [2.24, 2.45) is 5.41 Å². The van der Waals surface area contributed by atoms with Crippen molar-refractivity contribution in [3.63, 3.8) is 0 Å². The lowest BCUT2D eigenvalue weighted by atomic mass is 9.91. The number of nitrogens with zero attached hydrogens (tertiary/aromatic N) is 3. The van der Waals surface area contributed by atoms with Crippen LogP contribution >= 0.6 is 11.6 Å². The number of aliphatic hydroxyl groups excluding tert-OH is 1. The van der Waals surface area contributed by atoms with E-state index in [0.717, 1.165) is 29.1 Å². The van der Waals surface area contributed by atoms with E-state index >= 15 is 0 Å². The summed E-state index contributed by atoms with van der Waals surface area (Å²) in [5.74, 6) is 2.70. The van der Waals surface area contributed by atoms with E-state index in [1.165, 1.54) is 0 Å². The molecular weight excluding hydrogens is 442 g/mol. The van der Waals surface area contributed by atoms with Crippen LogP contribution in [0.25, 0.3) is 5.69 Å². The molecule has 0 aliphatic carbocycles. The Balaban J connectivity index is 1.98. The van der Waals surface area contributed by atoms with Gasteiger partial charge < -0.3 is 19.3 Å². The summed E-state index contributed by atoms with van der Waals surface area (Å²) in [6.45, 7) is 6.45. The molecule has 0 bridgehead atoms. The highest BCUT2D eigenvalue weighted by Crippen LogP contribution is 2.46. The van der Waals surface area contributed by atoms with E-state index in [1.54, 1.807) is 14.2 Å². The zero-order valence-electron chi connectivity index (χ0n) is 19.6. The topological polar surface area (TPSA) is 78.6 Å². The van der Waals surface area contributed by atoms with Crippen molar-refractivity contribution in [2.45, 2.75) is 45.8 Å². The number of para-hydroxylation sites is 1. The molecule has 0 spiro atoms. The Kier molecular flexibility index (Phi) is 6.66. The van der Waals surface area contributed by atoms with Gasteiger partial charge in [-0.2, -0.15) is 0 Å². The van der Waals surface area contributed by atoms with Crippen LogP contribution in [0.2, 0.25) is 5.02 Å². The molecule has 1 aromatic heterocycles. The second-order valence-corrected chi connectivity index (χ2v) is 9.79. The van der Waals surface area contributed by atoms with Gasteiger partial charge in [0.1, 0.15) is 18.0 Å². The summed E-state index contributed by atoms with van der Waals surface area (Å²) in [5, 5.41) is 19.4. The average Bonchev–Trinajstić information content (AvgIpc) is 3.11. The number of halogens is 1. The molecule has 33 heavy (non-hydrogen) atoms. The molecule has 1 aliphatic rings. The predicted octanol–water partition coefficient (Wildman–Crippen LogP) is 5.07.